The number of amides is 1. The van der Waals surface area contributed by atoms with Crippen LogP contribution in [0, 0.1) is 5.82 Å². The van der Waals surface area contributed by atoms with Crippen molar-refractivity contribution in [1.29, 1.82) is 0 Å². The molecule has 2 aromatic rings. The Morgan fingerprint density at radius 1 is 1.30 bits per heavy atom. The average Bonchev–Trinajstić information content (AvgIpc) is 2.56. The lowest BCUT2D eigenvalue weighted by Gasteiger charge is -2.15. The lowest BCUT2D eigenvalue weighted by molar-refractivity contribution is 0.0939. The van der Waals surface area contributed by atoms with Gasteiger partial charge in [0, 0.05) is 18.8 Å². The molecule has 0 fully saturated rings. The fraction of sp³-hybridized carbons (Fsp3) is 0.353. The topological polar surface area (TPSA) is 64.1 Å². The monoisotopic (exact) mass is 317 g/mol. The minimum atomic E-state index is -0.443. The number of nitrogens with one attached hydrogen (secondary N) is 1. The maximum Gasteiger partial charge on any atom is 0.254 e. The number of carbonyl (C=O) groups is 1. The van der Waals surface area contributed by atoms with Crippen LogP contribution in [0.3, 0.4) is 0 Å². The first-order valence-corrected chi connectivity index (χ1v) is 7.59. The Morgan fingerprint density at radius 2 is 2.00 bits per heavy atom. The van der Waals surface area contributed by atoms with Crippen molar-refractivity contribution < 1.29 is 13.9 Å². The molecule has 122 valence electrons. The fourth-order valence-electron chi connectivity index (χ4n) is 2.08. The summed E-state index contributed by atoms with van der Waals surface area (Å²) in [5.41, 5.74) is 1.03. The molecule has 6 heteroatoms. The van der Waals surface area contributed by atoms with Crippen LogP contribution in [0.2, 0.25) is 0 Å². The minimum absolute atomic E-state index is 0.207. The molecule has 5 nitrogen and oxygen atoms in total. The number of hydrogen-bond acceptors (Lipinski definition) is 4. The predicted molar refractivity (Wildman–Crippen MR) is 84.9 cm³/mol. The van der Waals surface area contributed by atoms with Crippen LogP contribution in [-0.4, -0.2) is 22.5 Å². The summed E-state index contributed by atoms with van der Waals surface area (Å²) in [5, 5.41) is 2.80. The Balaban J connectivity index is 2.06. The maximum absolute atomic E-state index is 13.9. The van der Waals surface area contributed by atoms with Gasteiger partial charge in [0.2, 0.25) is 0 Å². The van der Waals surface area contributed by atoms with Gasteiger partial charge in [-0.1, -0.05) is 13.0 Å². The third-order valence-electron chi connectivity index (χ3n) is 3.39. The third kappa shape index (κ3) is 4.25. The Hall–Kier alpha value is -2.50. The minimum Gasteiger partial charge on any atom is -0.491 e. The van der Waals surface area contributed by atoms with Crippen LogP contribution in [0.1, 0.15) is 48.6 Å². The van der Waals surface area contributed by atoms with Gasteiger partial charge >= 0.3 is 0 Å². The molecule has 1 N–H and O–H groups in total. The van der Waals surface area contributed by atoms with E-state index in [9.17, 15) is 9.18 Å². The highest BCUT2D eigenvalue weighted by Crippen LogP contribution is 2.22. The lowest BCUT2D eigenvalue weighted by Crippen LogP contribution is -2.27. The number of rotatable bonds is 6. The molecule has 1 aromatic heterocycles. The van der Waals surface area contributed by atoms with E-state index < -0.39 is 5.82 Å². The van der Waals surface area contributed by atoms with Gasteiger partial charge in [-0.15, -0.1) is 0 Å². The molecule has 23 heavy (non-hydrogen) atoms. The summed E-state index contributed by atoms with van der Waals surface area (Å²) in [7, 11) is 0. The molecule has 0 bridgehead atoms. The van der Waals surface area contributed by atoms with E-state index >= 15 is 0 Å². The number of nitrogens with zero attached hydrogens (tertiary/aromatic N) is 2. The molecule has 2 rings (SSSR count). The second kappa shape index (κ2) is 7.67. The highest BCUT2D eigenvalue weighted by molar-refractivity contribution is 5.93. The van der Waals surface area contributed by atoms with E-state index in [2.05, 4.69) is 15.3 Å². The van der Waals surface area contributed by atoms with E-state index in [4.69, 9.17) is 4.74 Å². The largest absolute Gasteiger partial charge is 0.491 e. The van der Waals surface area contributed by atoms with Gasteiger partial charge in [0.25, 0.3) is 5.91 Å². The van der Waals surface area contributed by atoms with Crippen LogP contribution in [0.25, 0.3) is 0 Å². The molecule has 0 aliphatic heterocycles. The van der Waals surface area contributed by atoms with Crippen molar-refractivity contribution in [3.63, 3.8) is 0 Å². The smallest absolute Gasteiger partial charge is 0.254 e. The van der Waals surface area contributed by atoms with Crippen LogP contribution in [0.4, 0.5) is 4.39 Å². The Morgan fingerprint density at radius 3 is 2.57 bits per heavy atom. The number of aryl methyl sites for hydroxylation is 1. The molecule has 0 radical (unpaired) electrons. The molecule has 1 aromatic carbocycles. The predicted octanol–water partition coefficient (Wildman–Crippen LogP) is 3.07. The molecule has 0 aliphatic carbocycles. The fourth-order valence-corrected chi connectivity index (χ4v) is 2.08. The molecule has 1 amide bonds. The van der Waals surface area contributed by atoms with Crippen molar-refractivity contribution in [2.75, 3.05) is 6.61 Å². The van der Waals surface area contributed by atoms with Crippen LogP contribution in [-0.2, 0) is 6.42 Å². The number of benzene rings is 1. The van der Waals surface area contributed by atoms with Crippen molar-refractivity contribution in [2.24, 2.45) is 0 Å². The second-order valence-electron chi connectivity index (χ2n) is 5.06. The van der Waals surface area contributed by atoms with Gasteiger partial charge in [-0.3, -0.25) is 4.79 Å². The summed E-state index contributed by atoms with van der Waals surface area (Å²) in [6.45, 7) is 5.92. The maximum atomic E-state index is 13.9. The summed E-state index contributed by atoms with van der Waals surface area (Å²) in [5.74, 6) is 0.150. The lowest BCUT2D eigenvalue weighted by atomic mass is 10.1. The van der Waals surface area contributed by atoms with Crippen molar-refractivity contribution in [3.05, 3.63) is 53.4 Å². The summed E-state index contributed by atoms with van der Waals surface area (Å²) >= 11 is 0. The molecule has 0 spiro atoms. The van der Waals surface area contributed by atoms with Crippen LogP contribution in [0.15, 0.2) is 30.6 Å². The zero-order valence-electron chi connectivity index (χ0n) is 13.5. The van der Waals surface area contributed by atoms with E-state index in [0.29, 0.717) is 30.0 Å². The first kappa shape index (κ1) is 16.9. The number of hydrogen-bond donors (Lipinski definition) is 1. The van der Waals surface area contributed by atoms with Gasteiger partial charge in [-0.25, -0.2) is 14.4 Å². The van der Waals surface area contributed by atoms with Gasteiger partial charge in [-0.05, 0) is 31.5 Å². The molecule has 1 heterocycles. The van der Waals surface area contributed by atoms with Crippen molar-refractivity contribution in [1.82, 2.24) is 15.3 Å². The van der Waals surface area contributed by atoms with E-state index in [1.54, 1.807) is 26.0 Å². The third-order valence-corrected chi connectivity index (χ3v) is 3.39. The highest BCUT2D eigenvalue weighted by atomic mass is 19.1. The van der Waals surface area contributed by atoms with Gasteiger partial charge in [0.05, 0.1) is 18.2 Å². The van der Waals surface area contributed by atoms with Gasteiger partial charge in [0.1, 0.15) is 5.82 Å². The van der Waals surface area contributed by atoms with Gasteiger partial charge in [-0.2, -0.15) is 0 Å². The number of halogens is 1. The Bertz CT molecular complexity index is 674. The normalized spacial score (nSPS) is 11.8. The first-order valence-electron chi connectivity index (χ1n) is 7.59. The van der Waals surface area contributed by atoms with Gasteiger partial charge < -0.3 is 10.1 Å². The summed E-state index contributed by atoms with van der Waals surface area (Å²) in [6.07, 6.45) is 3.70. The summed E-state index contributed by atoms with van der Waals surface area (Å²) in [4.78, 5) is 20.4. The van der Waals surface area contributed by atoms with E-state index in [1.165, 1.54) is 18.5 Å². The molecule has 1 unspecified atom stereocenters. The van der Waals surface area contributed by atoms with Crippen LogP contribution in [0.5, 0.6) is 5.75 Å². The Kier molecular flexibility index (Phi) is 5.62. The highest BCUT2D eigenvalue weighted by Gasteiger charge is 2.14. The Labute approximate surface area is 134 Å². The van der Waals surface area contributed by atoms with Crippen molar-refractivity contribution >= 4 is 5.91 Å². The SMILES string of the molecule is CCOc1ccc(C(C)NC(=O)c2cnc(CC)nc2)cc1F. The summed E-state index contributed by atoms with van der Waals surface area (Å²) < 4.78 is 19.0. The van der Waals surface area contributed by atoms with E-state index in [-0.39, 0.29) is 17.7 Å². The van der Waals surface area contributed by atoms with Gasteiger partial charge in [0.15, 0.2) is 11.6 Å². The van der Waals surface area contributed by atoms with Crippen molar-refractivity contribution in [2.45, 2.75) is 33.2 Å². The second-order valence-corrected chi connectivity index (χ2v) is 5.06. The number of ether oxygens (including phenoxy) is 1. The number of carbonyl (C=O) groups excluding carboxylic acids is 1. The van der Waals surface area contributed by atoms with E-state index in [0.717, 1.165) is 0 Å². The molecular formula is C17H20FN3O2. The molecule has 0 saturated heterocycles. The summed E-state index contributed by atoms with van der Waals surface area (Å²) in [6, 6.07) is 4.32. The first-order chi connectivity index (χ1) is 11.0. The van der Waals surface area contributed by atoms with Crippen molar-refractivity contribution in [3.8, 4) is 5.75 Å². The standard InChI is InChI=1S/C17H20FN3O2/c1-4-16-19-9-13(10-20-16)17(22)21-11(3)12-6-7-15(23-5-2)14(18)8-12/h6-11H,4-5H2,1-3H3,(H,21,22). The molecular weight excluding hydrogens is 297 g/mol. The number of aromatic nitrogens is 2. The quantitative estimate of drug-likeness (QED) is 0.889. The van der Waals surface area contributed by atoms with E-state index in [1.807, 2.05) is 6.92 Å². The zero-order chi connectivity index (χ0) is 16.8. The molecule has 0 aliphatic rings. The molecule has 1 atom stereocenters. The van der Waals surface area contributed by atoms with Crippen LogP contribution >= 0.6 is 0 Å². The molecule has 0 saturated carbocycles. The van der Waals surface area contributed by atoms with Crippen LogP contribution < -0.4 is 10.1 Å². The average molecular weight is 317 g/mol. The zero-order valence-corrected chi connectivity index (χ0v) is 13.5.